The van der Waals surface area contributed by atoms with Gasteiger partial charge in [0.1, 0.15) is 34.7 Å². The van der Waals surface area contributed by atoms with Crippen LogP contribution in [0.25, 0.3) is 0 Å². The van der Waals surface area contributed by atoms with Gasteiger partial charge in [0.25, 0.3) is 0 Å². The standard InChI is InChI=1S/3C7H12O2S.Fe/c3*1-6(8)5-7(9)3-4-10-2;/h3*3-5H2,1-2H3;. The van der Waals surface area contributed by atoms with Gasteiger partial charge >= 0.3 is 0 Å². The van der Waals surface area contributed by atoms with Gasteiger partial charge in [-0.3, -0.25) is 28.8 Å². The van der Waals surface area contributed by atoms with Crippen LogP contribution >= 0.6 is 35.3 Å². The van der Waals surface area contributed by atoms with E-state index in [0.717, 1.165) is 17.3 Å². The second-order valence-electron chi connectivity index (χ2n) is 6.48. The molecular formula is C21H36FeO6S3. The maximum absolute atomic E-state index is 10.8. The molecule has 0 aliphatic rings. The van der Waals surface area contributed by atoms with Crippen molar-refractivity contribution in [2.45, 2.75) is 59.3 Å². The fourth-order valence-corrected chi connectivity index (χ4v) is 3.04. The Kier molecular flexibility index (Phi) is 33.8. The van der Waals surface area contributed by atoms with E-state index in [0.29, 0.717) is 19.3 Å². The van der Waals surface area contributed by atoms with Gasteiger partial charge < -0.3 is 0 Å². The van der Waals surface area contributed by atoms with E-state index < -0.39 is 0 Å². The van der Waals surface area contributed by atoms with Crippen LogP contribution in [0.2, 0.25) is 0 Å². The number of hydrogen-bond donors (Lipinski definition) is 0. The van der Waals surface area contributed by atoms with Gasteiger partial charge in [-0.25, -0.2) is 0 Å². The molecule has 0 amide bonds. The molecule has 0 fully saturated rings. The van der Waals surface area contributed by atoms with Crippen LogP contribution in [0.15, 0.2) is 0 Å². The number of carbonyl (C=O) groups is 6. The summed E-state index contributed by atoms with van der Waals surface area (Å²) in [6.45, 7) is 4.32. The van der Waals surface area contributed by atoms with E-state index in [9.17, 15) is 28.8 Å². The summed E-state index contributed by atoms with van der Waals surface area (Å²) in [5.74, 6) is 2.54. The summed E-state index contributed by atoms with van der Waals surface area (Å²) in [7, 11) is 0. The molecule has 0 N–H and O–H groups in total. The predicted molar refractivity (Wildman–Crippen MR) is 130 cm³/mol. The van der Waals surface area contributed by atoms with Crippen molar-refractivity contribution in [1.82, 2.24) is 0 Å². The van der Waals surface area contributed by atoms with Gasteiger partial charge in [0.05, 0.1) is 19.3 Å². The van der Waals surface area contributed by atoms with Crippen LogP contribution in [0.1, 0.15) is 59.3 Å². The molecule has 0 saturated carbocycles. The zero-order valence-corrected chi connectivity index (χ0v) is 22.9. The average Bonchev–Trinajstić information content (AvgIpc) is 2.62. The molecule has 10 heteroatoms. The van der Waals surface area contributed by atoms with Crippen LogP contribution < -0.4 is 0 Å². The maximum atomic E-state index is 10.8. The molecule has 0 heterocycles. The summed E-state index contributed by atoms with van der Waals surface area (Å²) in [4.78, 5) is 63.5. The number of carbonyl (C=O) groups excluding carboxylic acids is 6. The zero-order chi connectivity index (χ0) is 23.9. The summed E-state index contributed by atoms with van der Waals surface area (Å²) in [5, 5.41) is 0. The van der Waals surface area contributed by atoms with Crippen molar-refractivity contribution < 1.29 is 45.8 Å². The van der Waals surface area contributed by atoms with Gasteiger partial charge in [-0.05, 0) is 56.8 Å². The van der Waals surface area contributed by atoms with Gasteiger partial charge in [0, 0.05) is 36.3 Å². The first-order chi connectivity index (χ1) is 14.0. The summed E-state index contributed by atoms with van der Waals surface area (Å²) in [6.07, 6.45) is 7.76. The quantitative estimate of drug-likeness (QED) is 0.228. The smallest absolute Gasteiger partial charge is 0.141 e. The molecule has 0 aliphatic heterocycles. The summed E-state index contributed by atoms with van der Waals surface area (Å²) < 4.78 is 0. The second-order valence-corrected chi connectivity index (χ2v) is 9.44. The van der Waals surface area contributed by atoms with E-state index in [1.165, 1.54) is 20.8 Å². The van der Waals surface area contributed by atoms with Crippen molar-refractivity contribution in [3.8, 4) is 0 Å². The first-order valence-corrected chi connectivity index (χ1v) is 13.7. The molecule has 182 valence electrons. The minimum atomic E-state index is -0.0360. The minimum absolute atomic E-state index is 0. The Bertz CT molecular complexity index is 477. The zero-order valence-electron chi connectivity index (χ0n) is 19.4. The van der Waals surface area contributed by atoms with Crippen molar-refractivity contribution in [1.29, 1.82) is 0 Å². The third-order valence-corrected chi connectivity index (χ3v) is 4.93. The molecule has 0 rings (SSSR count). The van der Waals surface area contributed by atoms with Gasteiger partial charge in [0.15, 0.2) is 0 Å². The van der Waals surface area contributed by atoms with Gasteiger partial charge in [-0.2, -0.15) is 35.3 Å². The number of hydrogen-bond acceptors (Lipinski definition) is 9. The molecule has 0 bridgehead atoms. The van der Waals surface area contributed by atoms with E-state index in [-0.39, 0.29) is 71.0 Å². The second kappa shape index (κ2) is 27.6. The first-order valence-electron chi connectivity index (χ1n) is 9.50. The van der Waals surface area contributed by atoms with Crippen molar-refractivity contribution in [3.05, 3.63) is 0 Å². The average molecular weight is 537 g/mol. The monoisotopic (exact) mass is 536 g/mol. The number of Topliss-reactive ketones (excluding diaryl/α,β-unsaturated/α-hetero) is 6. The third-order valence-electron chi connectivity index (χ3n) is 3.09. The molecular weight excluding hydrogens is 500 g/mol. The molecule has 0 aromatic heterocycles. The molecule has 0 aliphatic carbocycles. The fraction of sp³-hybridized carbons (Fsp3) is 0.714. The van der Waals surface area contributed by atoms with Crippen molar-refractivity contribution in [3.63, 3.8) is 0 Å². The Hall–Kier alpha value is -0.411. The molecule has 0 atom stereocenters. The molecule has 31 heavy (non-hydrogen) atoms. The van der Waals surface area contributed by atoms with E-state index in [1.54, 1.807) is 35.3 Å². The number of ketones is 6. The molecule has 0 aromatic rings. The fourth-order valence-electron chi connectivity index (χ4n) is 1.75. The molecule has 0 aromatic carbocycles. The summed E-state index contributed by atoms with van der Waals surface area (Å²) in [6, 6.07) is 0. The third kappa shape index (κ3) is 40.5. The molecule has 0 spiro atoms. The number of thioether (sulfide) groups is 3. The van der Waals surface area contributed by atoms with E-state index in [1.807, 2.05) is 18.8 Å². The first kappa shape index (κ1) is 37.9. The topological polar surface area (TPSA) is 102 Å². The predicted octanol–water partition coefficient (Wildman–Crippen LogP) is 3.86. The largest absolute Gasteiger partial charge is 0.300 e. The minimum Gasteiger partial charge on any atom is -0.300 e. The molecule has 6 nitrogen and oxygen atoms in total. The van der Waals surface area contributed by atoms with Crippen molar-refractivity contribution >= 4 is 70.0 Å². The molecule has 0 radical (unpaired) electrons. The van der Waals surface area contributed by atoms with Gasteiger partial charge in [-0.15, -0.1) is 0 Å². The Morgan fingerprint density at radius 3 is 0.806 bits per heavy atom. The van der Waals surface area contributed by atoms with E-state index >= 15 is 0 Å². The molecule has 0 unspecified atom stereocenters. The Morgan fingerprint density at radius 1 is 0.484 bits per heavy atom. The Balaban J connectivity index is -0.000000174. The molecule has 0 saturated heterocycles. The van der Waals surface area contributed by atoms with Crippen LogP contribution in [0, 0.1) is 0 Å². The normalized spacial score (nSPS) is 9.10. The van der Waals surface area contributed by atoms with Crippen LogP contribution in [0.4, 0.5) is 0 Å². The van der Waals surface area contributed by atoms with Gasteiger partial charge in [-0.1, -0.05) is 0 Å². The van der Waals surface area contributed by atoms with Crippen molar-refractivity contribution in [2.75, 3.05) is 36.0 Å². The van der Waals surface area contributed by atoms with Gasteiger partial charge in [0.2, 0.25) is 0 Å². The van der Waals surface area contributed by atoms with Crippen LogP contribution in [0.3, 0.4) is 0 Å². The van der Waals surface area contributed by atoms with Crippen molar-refractivity contribution in [2.24, 2.45) is 0 Å². The Morgan fingerprint density at radius 2 is 0.677 bits per heavy atom. The number of rotatable bonds is 15. The maximum Gasteiger partial charge on any atom is 0.141 e. The van der Waals surface area contributed by atoms with Crippen LogP contribution in [-0.4, -0.2) is 70.7 Å². The summed E-state index contributed by atoms with van der Waals surface area (Å²) >= 11 is 4.87. The van der Waals surface area contributed by atoms with Crippen LogP contribution in [0.5, 0.6) is 0 Å². The SMILES string of the molecule is CSCCC(=O)CC(C)=O.CSCCC(=O)CC(C)=O.CSCCC(=O)CC(C)=O.[Fe]. The van der Waals surface area contributed by atoms with Crippen LogP contribution in [-0.2, 0) is 45.8 Å². The summed E-state index contributed by atoms with van der Waals surface area (Å²) in [5.41, 5.74) is 0. The van der Waals surface area contributed by atoms with E-state index in [4.69, 9.17) is 0 Å². The van der Waals surface area contributed by atoms with E-state index in [2.05, 4.69) is 0 Å². The Labute approximate surface area is 210 Å².